The van der Waals surface area contributed by atoms with Crippen molar-refractivity contribution in [2.75, 3.05) is 11.4 Å². The van der Waals surface area contributed by atoms with E-state index >= 15 is 0 Å². The standard InChI is InChI=1S/C33H49N5/c1-21(2)23-10-13-33(35)15-14-31(6)24(27(23)33)8-9-26-30(5)16-17-38(28-36-19-22(18-34)20-37-28)29(3,4)25(30)11-12-32(26,31)7/h19-20,23-27H,1,8-17,35H2,2-7H3/t23-,24?,25-,26+,27+,30-,31+,32+,33-/m0/s1. The fourth-order valence-corrected chi connectivity index (χ4v) is 11.8. The zero-order chi connectivity index (χ0) is 27.3. The van der Waals surface area contributed by atoms with Gasteiger partial charge in [-0.3, -0.25) is 0 Å². The van der Waals surface area contributed by atoms with E-state index in [1.165, 1.54) is 63.4 Å². The monoisotopic (exact) mass is 515 g/mol. The Kier molecular flexibility index (Phi) is 5.74. The van der Waals surface area contributed by atoms with Crippen LogP contribution in [0.25, 0.3) is 0 Å². The average molecular weight is 516 g/mol. The van der Waals surface area contributed by atoms with E-state index in [0.29, 0.717) is 45.5 Å². The van der Waals surface area contributed by atoms with E-state index in [1.807, 2.05) is 0 Å². The highest BCUT2D eigenvalue weighted by Crippen LogP contribution is 2.75. The lowest BCUT2D eigenvalue weighted by Crippen LogP contribution is -2.70. The molecular formula is C33H49N5. The van der Waals surface area contributed by atoms with E-state index in [4.69, 9.17) is 5.73 Å². The van der Waals surface area contributed by atoms with Crippen LogP contribution in [0.4, 0.5) is 5.95 Å². The molecule has 1 aromatic rings. The van der Waals surface area contributed by atoms with Crippen LogP contribution in [0.5, 0.6) is 0 Å². The molecule has 5 fully saturated rings. The third kappa shape index (κ3) is 3.25. The summed E-state index contributed by atoms with van der Waals surface area (Å²) >= 11 is 0. The van der Waals surface area contributed by atoms with Crippen LogP contribution in [0.2, 0.25) is 0 Å². The molecule has 2 heterocycles. The van der Waals surface area contributed by atoms with Gasteiger partial charge in [-0.1, -0.05) is 32.9 Å². The van der Waals surface area contributed by atoms with Crippen molar-refractivity contribution in [3.63, 3.8) is 0 Å². The summed E-state index contributed by atoms with van der Waals surface area (Å²) in [6.45, 7) is 20.6. The molecule has 38 heavy (non-hydrogen) atoms. The van der Waals surface area contributed by atoms with Crippen molar-refractivity contribution in [1.29, 1.82) is 5.26 Å². The molecule has 0 radical (unpaired) electrons. The number of fused-ring (bicyclic) bond motifs is 7. The number of nitrogens with zero attached hydrogens (tertiary/aromatic N) is 4. The number of aromatic nitrogens is 2. The number of nitrogens with two attached hydrogens (primary N) is 1. The van der Waals surface area contributed by atoms with E-state index in [0.717, 1.165) is 18.4 Å². The summed E-state index contributed by atoms with van der Waals surface area (Å²) in [4.78, 5) is 11.7. The van der Waals surface area contributed by atoms with Gasteiger partial charge in [0.05, 0.1) is 18.0 Å². The molecule has 206 valence electrons. The van der Waals surface area contributed by atoms with Gasteiger partial charge in [0, 0.05) is 17.6 Å². The Morgan fingerprint density at radius 3 is 2.32 bits per heavy atom. The van der Waals surface area contributed by atoms with Crippen molar-refractivity contribution in [3.05, 3.63) is 30.1 Å². The van der Waals surface area contributed by atoms with Gasteiger partial charge in [-0.15, -0.1) is 0 Å². The third-order valence-corrected chi connectivity index (χ3v) is 13.8. The molecular weight excluding hydrogens is 466 g/mol. The van der Waals surface area contributed by atoms with E-state index in [9.17, 15) is 5.26 Å². The van der Waals surface area contributed by atoms with Gasteiger partial charge in [-0.25, -0.2) is 9.97 Å². The van der Waals surface area contributed by atoms with Gasteiger partial charge in [-0.2, -0.15) is 5.26 Å². The molecule has 4 aliphatic carbocycles. The second kappa shape index (κ2) is 8.29. The van der Waals surface area contributed by atoms with Crippen LogP contribution in [-0.4, -0.2) is 27.6 Å². The Morgan fingerprint density at radius 1 is 0.947 bits per heavy atom. The number of hydrogen-bond donors (Lipinski definition) is 1. The molecule has 0 amide bonds. The summed E-state index contributed by atoms with van der Waals surface area (Å²) in [7, 11) is 0. The zero-order valence-electron chi connectivity index (χ0n) is 24.7. The molecule has 5 aliphatic rings. The number of rotatable bonds is 2. The van der Waals surface area contributed by atoms with Crippen LogP contribution in [0.15, 0.2) is 24.5 Å². The number of hydrogen-bond acceptors (Lipinski definition) is 5. The highest BCUT2D eigenvalue weighted by molar-refractivity contribution is 5.39. The van der Waals surface area contributed by atoms with Crippen molar-refractivity contribution in [1.82, 2.24) is 9.97 Å². The average Bonchev–Trinajstić information content (AvgIpc) is 3.22. The molecule has 1 saturated heterocycles. The van der Waals surface area contributed by atoms with Crippen LogP contribution < -0.4 is 10.6 Å². The van der Waals surface area contributed by atoms with Gasteiger partial charge in [0.2, 0.25) is 5.95 Å². The van der Waals surface area contributed by atoms with Crippen LogP contribution in [-0.2, 0) is 0 Å². The topological polar surface area (TPSA) is 78.8 Å². The first-order valence-electron chi connectivity index (χ1n) is 15.3. The summed E-state index contributed by atoms with van der Waals surface area (Å²) in [5.41, 5.74) is 10.1. The molecule has 5 nitrogen and oxygen atoms in total. The maximum atomic E-state index is 9.22. The SMILES string of the molecule is C=C(C)[C@@H]1CC[C@]2(N)CC[C@]3(C)C(CC[C@@H]4[C@@]5(C)CCN(c6ncc(C#N)cn6)C(C)(C)[C@@H]5CC[C@]43C)[C@@H]12. The summed E-state index contributed by atoms with van der Waals surface area (Å²) < 4.78 is 0. The van der Waals surface area contributed by atoms with Crippen molar-refractivity contribution in [2.45, 2.75) is 110 Å². The van der Waals surface area contributed by atoms with Crippen molar-refractivity contribution < 1.29 is 0 Å². The lowest BCUT2D eigenvalue weighted by atomic mass is 9.33. The van der Waals surface area contributed by atoms with Crippen molar-refractivity contribution >= 4 is 5.95 Å². The number of nitriles is 1. The summed E-state index contributed by atoms with van der Waals surface area (Å²) in [6, 6.07) is 2.16. The maximum Gasteiger partial charge on any atom is 0.225 e. The van der Waals surface area contributed by atoms with Gasteiger partial charge in [0.25, 0.3) is 0 Å². The molecule has 5 heteroatoms. The Bertz CT molecular complexity index is 1170. The summed E-state index contributed by atoms with van der Waals surface area (Å²) in [5, 5.41) is 9.22. The normalized spacial score (nSPS) is 47.2. The summed E-state index contributed by atoms with van der Waals surface area (Å²) in [5.74, 6) is 4.02. The number of anilines is 1. The van der Waals surface area contributed by atoms with Gasteiger partial charge in [0.15, 0.2) is 0 Å². The highest BCUT2D eigenvalue weighted by atomic mass is 15.3. The van der Waals surface area contributed by atoms with E-state index < -0.39 is 0 Å². The number of allylic oxidation sites excluding steroid dienone is 1. The Hall–Kier alpha value is -1.93. The molecule has 1 unspecified atom stereocenters. The van der Waals surface area contributed by atoms with Crippen molar-refractivity contribution in [2.24, 2.45) is 51.6 Å². The first kappa shape index (κ1) is 26.3. The summed E-state index contributed by atoms with van der Waals surface area (Å²) in [6.07, 6.45) is 14.7. The van der Waals surface area contributed by atoms with Crippen molar-refractivity contribution in [3.8, 4) is 6.07 Å². The first-order valence-corrected chi connectivity index (χ1v) is 15.3. The molecule has 2 N–H and O–H groups in total. The predicted octanol–water partition coefficient (Wildman–Crippen LogP) is 6.89. The first-order chi connectivity index (χ1) is 17.8. The minimum atomic E-state index is -0.0320. The van der Waals surface area contributed by atoms with Gasteiger partial charge in [-0.05, 0) is 124 Å². The largest absolute Gasteiger partial charge is 0.335 e. The van der Waals surface area contributed by atoms with Gasteiger partial charge in [0.1, 0.15) is 6.07 Å². The molecule has 1 aromatic heterocycles. The fourth-order valence-electron chi connectivity index (χ4n) is 11.8. The molecule has 6 rings (SSSR count). The minimum Gasteiger partial charge on any atom is -0.335 e. The number of piperidine rings is 1. The molecule has 9 atom stereocenters. The molecule has 4 saturated carbocycles. The zero-order valence-corrected chi connectivity index (χ0v) is 24.7. The lowest BCUT2D eigenvalue weighted by Gasteiger charge is -2.73. The van der Waals surface area contributed by atoms with Crippen LogP contribution >= 0.6 is 0 Å². The van der Waals surface area contributed by atoms with Gasteiger partial charge < -0.3 is 10.6 Å². The van der Waals surface area contributed by atoms with E-state index in [1.54, 1.807) is 12.4 Å². The maximum absolute atomic E-state index is 9.22. The van der Waals surface area contributed by atoms with Gasteiger partial charge >= 0.3 is 0 Å². The second-order valence-corrected chi connectivity index (χ2v) is 15.4. The molecule has 0 aromatic carbocycles. The van der Waals surface area contributed by atoms with Crippen LogP contribution in [0.1, 0.15) is 105 Å². The quantitative estimate of drug-likeness (QED) is 0.434. The third-order valence-electron chi connectivity index (χ3n) is 13.8. The van der Waals surface area contributed by atoms with Crippen LogP contribution in [0, 0.1) is 57.2 Å². The second-order valence-electron chi connectivity index (χ2n) is 15.4. The Labute approximate surface area is 230 Å². The highest BCUT2D eigenvalue weighted by Gasteiger charge is 2.70. The molecule has 0 bridgehead atoms. The fraction of sp³-hybridized carbons (Fsp3) is 0.788. The van der Waals surface area contributed by atoms with Crippen LogP contribution in [0.3, 0.4) is 0 Å². The molecule has 1 aliphatic heterocycles. The van der Waals surface area contributed by atoms with E-state index in [-0.39, 0.29) is 11.1 Å². The minimum absolute atomic E-state index is 0.0204. The molecule has 0 spiro atoms. The Balaban J connectivity index is 1.33. The predicted molar refractivity (Wildman–Crippen MR) is 153 cm³/mol. The van der Waals surface area contributed by atoms with E-state index in [2.05, 4.69) is 69.1 Å². The lowest BCUT2D eigenvalue weighted by molar-refractivity contribution is -0.220. The smallest absolute Gasteiger partial charge is 0.225 e. The Morgan fingerprint density at radius 2 is 1.66 bits per heavy atom.